The summed E-state index contributed by atoms with van der Waals surface area (Å²) in [6, 6.07) is 11.8. The topological polar surface area (TPSA) is 37.4 Å². The van der Waals surface area contributed by atoms with Crippen molar-refractivity contribution in [1.29, 1.82) is 0 Å². The molecular formula is C18H19F2NO2S. The highest BCUT2D eigenvalue weighted by atomic mass is 32.2. The Balaban J connectivity index is 1.98. The third kappa shape index (κ3) is 3.49. The lowest BCUT2D eigenvalue weighted by atomic mass is 10.2. The summed E-state index contributed by atoms with van der Waals surface area (Å²) in [7, 11) is -3.92. The van der Waals surface area contributed by atoms with E-state index in [1.54, 1.807) is 0 Å². The maximum absolute atomic E-state index is 13.5. The lowest BCUT2D eigenvalue weighted by Gasteiger charge is -2.28. The smallest absolute Gasteiger partial charge is 0.207 e. The van der Waals surface area contributed by atoms with Crippen LogP contribution in [0, 0.1) is 17.6 Å². The van der Waals surface area contributed by atoms with Gasteiger partial charge in [0, 0.05) is 12.6 Å². The van der Waals surface area contributed by atoms with Gasteiger partial charge in [-0.1, -0.05) is 30.3 Å². The number of rotatable bonds is 6. The quantitative estimate of drug-likeness (QED) is 0.790. The molecule has 0 N–H and O–H groups in total. The molecular weight excluding hydrogens is 332 g/mol. The minimum Gasteiger partial charge on any atom is -0.207 e. The van der Waals surface area contributed by atoms with Gasteiger partial charge in [0.15, 0.2) is 11.6 Å². The summed E-state index contributed by atoms with van der Waals surface area (Å²) in [5.74, 6) is -1.90. The van der Waals surface area contributed by atoms with E-state index in [1.807, 2.05) is 37.3 Å². The molecule has 1 aliphatic rings. The zero-order valence-corrected chi connectivity index (χ0v) is 14.1. The average Bonchev–Trinajstić information content (AvgIpc) is 3.40. The molecule has 0 saturated heterocycles. The van der Waals surface area contributed by atoms with E-state index in [4.69, 9.17) is 0 Å². The minimum atomic E-state index is -3.92. The first-order chi connectivity index (χ1) is 11.4. The third-order valence-electron chi connectivity index (χ3n) is 4.44. The summed E-state index contributed by atoms with van der Waals surface area (Å²) < 4.78 is 54.1. The fraction of sp³-hybridized carbons (Fsp3) is 0.333. The Morgan fingerprint density at radius 2 is 1.75 bits per heavy atom. The average molecular weight is 351 g/mol. The molecule has 6 heteroatoms. The number of halogens is 2. The first kappa shape index (κ1) is 17.0. The first-order valence-electron chi connectivity index (χ1n) is 7.90. The highest BCUT2D eigenvalue weighted by Crippen LogP contribution is 2.38. The Kier molecular flexibility index (Phi) is 4.69. The summed E-state index contributed by atoms with van der Waals surface area (Å²) in [5.41, 5.74) is 0.858. The fourth-order valence-corrected chi connectivity index (χ4v) is 4.49. The van der Waals surface area contributed by atoms with Crippen molar-refractivity contribution < 1.29 is 17.2 Å². The Bertz CT molecular complexity index is 820. The number of sulfonamides is 1. The molecule has 0 aliphatic heterocycles. The zero-order chi connectivity index (χ0) is 17.3. The summed E-state index contributed by atoms with van der Waals surface area (Å²) in [6.45, 7) is 2.08. The van der Waals surface area contributed by atoms with Crippen molar-refractivity contribution in [3.8, 4) is 0 Å². The van der Waals surface area contributed by atoms with Gasteiger partial charge in [0.2, 0.25) is 10.0 Å². The van der Waals surface area contributed by atoms with E-state index < -0.39 is 21.7 Å². The van der Waals surface area contributed by atoms with Crippen LogP contribution in [0.3, 0.4) is 0 Å². The predicted molar refractivity (Wildman–Crippen MR) is 87.7 cm³/mol. The van der Waals surface area contributed by atoms with Crippen molar-refractivity contribution in [2.75, 3.05) is 0 Å². The van der Waals surface area contributed by atoms with Gasteiger partial charge in [0.1, 0.15) is 0 Å². The standard InChI is InChI=1S/C18H19F2NO2S/c1-13(15-7-8-15)21(12-14-5-3-2-4-6-14)24(22,23)16-9-10-17(19)18(20)11-16/h2-6,9-11,13,15H,7-8,12H2,1H3. The Hall–Kier alpha value is -1.79. The lowest BCUT2D eigenvalue weighted by molar-refractivity contribution is 0.303. The normalized spacial score (nSPS) is 16.3. The number of hydrogen-bond donors (Lipinski definition) is 0. The van der Waals surface area contributed by atoms with Crippen molar-refractivity contribution in [2.45, 2.75) is 37.2 Å². The van der Waals surface area contributed by atoms with E-state index >= 15 is 0 Å². The Labute approximate surface area is 141 Å². The molecule has 1 unspecified atom stereocenters. The van der Waals surface area contributed by atoms with Crippen molar-refractivity contribution >= 4 is 10.0 Å². The van der Waals surface area contributed by atoms with Gasteiger partial charge < -0.3 is 0 Å². The van der Waals surface area contributed by atoms with Gasteiger partial charge >= 0.3 is 0 Å². The number of benzene rings is 2. The van der Waals surface area contributed by atoms with E-state index in [0.29, 0.717) is 5.92 Å². The maximum Gasteiger partial charge on any atom is 0.243 e. The molecule has 0 heterocycles. The molecule has 2 aromatic rings. The molecule has 24 heavy (non-hydrogen) atoms. The largest absolute Gasteiger partial charge is 0.243 e. The molecule has 2 aromatic carbocycles. The van der Waals surface area contributed by atoms with Crippen molar-refractivity contribution in [1.82, 2.24) is 4.31 Å². The molecule has 1 aliphatic carbocycles. The van der Waals surface area contributed by atoms with E-state index in [0.717, 1.165) is 36.6 Å². The van der Waals surface area contributed by atoms with E-state index in [2.05, 4.69) is 0 Å². The molecule has 0 aromatic heterocycles. The highest BCUT2D eigenvalue weighted by molar-refractivity contribution is 7.89. The summed E-state index contributed by atoms with van der Waals surface area (Å²) in [5, 5.41) is 0. The molecule has 1 saturated carbocycles. The van der Waals surface area contributed by atoms with Crippen LogP contribution in [-0.4, -0.2) is 18.8 Å². The van der Waals surface area contributed by atoms with Crippen molar-refractivity contribution in [3.05, 3.63) is 65.7 Å². The predicted octanol–water partition coefficient (Wildman–Crippen LogP) is 3.95. The summed E-state index contributed by atoms with van der Waals surface area (Å²) in [4.78, 5) is -0.218. The molecule has 0 radical (unpaired) electrons. The summed E-state index contributed by atoms with van der Waals surface area (Å²) in [6.07, 6.45) is 1.97. The van der Waals surface area contributed by atoms with E-state index in [-0.39, 0.29) is 17.5 Å². The van der Waals surface area contributed by atoms with Crippen LogP contribution >= 0.6 is 0 Å². The second-order valence-electron chi connectivity index (χ2n) is 6.19. The molecule has 0 bridgehead atoms. The first-order valence-corrected chi connectivity index (χ1v) is 9.34. The lowest BCUT2D eigenvalue weighted by Crippen LogP contribution is -2.39. The zero-order valence-electron chi connectivity index (χ0n) is 13.3. The second kappa shape index (κ2) is 6.61. The highest BCUT2D eigenvalue weighted by Gasteiger charge is 2.38. The Morgan fingerprint density at radius 1 is 1.08 bits per heavy atom. The van der Waals surface area contributed by atoms with Gasteiger partial charge in [-0.3, -0.25) is 0 Å². The van der Waals surface area contributed by atoms with Crippen LogP contribution in [0.15, 0.2) is 53.4 Å². The van der Waals surface area contributed by atoms with Gasteiger partial charge in [-0.15, -0.1) is 0 Å². The molecule has 128 valence electrons. The maximum atomic E-state index is 13.5. The SMILES string of the molecule is CC(C1CC1)N(Cc1ccccc1)S(=O)(=O)c1ccc(F)c(F)c1. The van der Waals surface area contributed by atoms with Gasteiger partial charge in [-0.05, 0) is 49.4 Å². The third-order valence-corrected chi connectivity index (χ3v) is 6.37. The van der Waals surface area contributed by atoms with Crippen LogP contribution in [-0.2, 0) is 16.6 Å². The van der Waals surface area contributed by atoms with Gasteiger partial charge in [0.25, 0.3) is 0 Å². The fourth-order valence-electron chi connectivity index (χ4n) is 2.80. The number of hydrogen-bond acceptors (Lipinski definition) is 2. The van der Waals surface area contributed by atoms with Crippen LogP contribution in [0.2, 0.25) is 0 Å². The van der Waals surface area contributed by atoms with Crippen LogP contribution in [0.1, 0.15) is 25.3 Å². The van der Waals surface area contributed by atoms with Gasteiger partial charge in [0.05, 0.1) is 4.90 Å². The number of nitrogens with zero attached hydrogens (tertiary/aromatic N) is 1. The van der Waals surface area contributed by atoms with Crippen LogP contribution in [0.4, 0.5) is 8.78 Å². The minimum absolute atomic E-state index is 0.191. The molecule has 3 nitrogen and oxygen atoms in total. The molecule has 3 rings (SSSR count). The van der Waals surface area contributed by atoms with Crippen LogP contribution in [0.5, 0.6) is 0 Å². The molecule has 1 fully saturated rings. The van der Waals surface area contributed by atoms with Crippen molar-refractivity contribution in [2.24, 2.45) is 5.92 Å². The second-order valence-corrected chi connectivity index (χ2v) is 8.08. The van der Waals surface area contributed by atoms with Gasteiger partial charge in [-0.2, -0.15) is 4.31 Å². The molecule has 0 amide bonds. The van der Waals surface area contributed by atoms with Crippen LogP contribution < -0.4 is 0 Å². The van der Waals surface area contributed by atoms with E-state index in [9.17, 15) is 17.2 Å². The summed E-state index contributed by atoms with van der Waals surface area (Å²) >= 11 is 0. The Morgan fingerprint density at radius 3 is 2.33 bits per heavy atom. The molecule has 0 spiro atoms. The van der Waals surface area contributed by atoms with Crippen LogP contribution in [0.25, 0.3) is 0 Å². The molecule has 1 atom stereocenters. The van der Waals surface area contributed by atoms with Crippen molar-refractivity contribution in [3.63, 3.8) is 0 Å². The van der Waals surface area contributed by atoms with E-state index in [1.165, 1.54) is 4.31 Å². The van der Waals surface area contributed by atoms with Gasteiger partial charge in [-0.25, -0.2) is 17.2 Å². The monoisotopic (exact) mass is 351 g/mol.